The minimum Gasteiger partial charge on any atom is -0.396 e. The number of hydrogen-bond donors (Lipinski definition) is 3. The Morgan fingerprint density at radius 2 is 1.86 bits per heavy atom. The van der Waals surface area contributed by atoms with Crippen LogP contribution in [0.15, 0.2) is 65.6 Å². The second-order valence-corrected chi connectivity index (χ2v) is 11.8. The lowest BCUT2D eigenvalue weighted by molar-refractivity contribution is 0.102. The number of anilines is 4. The number of hydrogen-bond acceptors (Lipinski definition) is 8. The number of carbonyl (C=O) groups is 1. The molecule has 1 unspecified atom stereocenters. The third kappa shape index (κ3) is 6.18. The third-order valence-electron chi connectivity index (χ3n) is 7.67. The van der Waals surface area contributed by atoms with Crippen molar-refractivity contribution >= 4 is 29.0 Å². The van der Waals surface area contributed by atoms with E-state index in [-0.39, 0.29) is 29.4 Å². The van der Waals surface area contributed by atoms with Gasteiger partial charge in [0.1, 0.15) is 11.5 Å². The van der Waals surface area contributed by atoms with Crippen molar-refractivity contribution in [2.75, 3.05) is 35.2 Å². The topological polar surface area (TPSA) is 125 Å². The molecular weight excluding hydrogens is 530 g/mol. The molecule has 1 fully saturated rings. The highest BCUT2D eigenvalue weighted by Crippen LogP contribution is 2.29. The van der Waals surface area contributed by atoms with Crippen molar-refractivity contribution in [2.45, 2.75) is 39.5 Å². The van der Waals surface area contributed by atoms with Gasteiger partial charge in [-0.3, -0.25) is 9.59 Å². The molecule has 0 radical (unpaired) electrons. The Kier molecular flexibility index (Phi) is 8.08. The fourth-order valence-electron chi connectivity index (χ4n) is 5.07. The maximum Gasteiger partial charge on any atom is 0.290 e. The Morgan fingerprint density at radius 3 is 2.55 bits per heavy atom. The number of benzene rings is 2. The van der Waals surface area contributed by atoms with Gasteiger partial charge >= 0.3 is 0 Å². The van der Waals surface area contributed by atoms with Crippen LogP contribution < -0.4 is 21.1 Å². The maximum atomic E-state index is 13.1. The first-order valence-electron chi connectivity index (χ1n) is 14.1. The van der Waals surface area contributed by atoms with Crippen LogP contribution in [-0.4, -0.2) is 50.5 Å². The summed E-state index contributed by atoms with van der Waals surface area (Å²) in [4.78, 5) is 37.1. The van der Waals surface area contributed by atoms with Crippen molar-refractivity contribution in [3.05, 3.63) is 87.8 Å². The molecule has 5 rings (SSSR count). The summed E-state index contributed by atoms with van der Waals surface area (Å²) >= 11 is 0. The van der Waals surface area contributed by atoms with Gasteiger partial charge in [0.15, 0.2) is 0 Å². The van der Waals surface area contributed by atoms with E-state index in [1.54, 1.807) is 25.4 Å². The standard InChI is InChI=1S/C32H37N7O3/c1-20-24(7-6-8-25(20)35-29(41)22-9-11-23(12-10-22)32(2,3)4)26-17-27(30(42)38(5)37-26)34-28-13-15-33-31(36-28)39-16-14-21(18-39)19-40/h6-13,15,17,21,40H,14,16,18-19H2,1-5H3,(H,35,41)(H,33,34,36). The van der Waals surface area contributed by atoms with Crippen LogP contribution in [0.5, 0.6) is 0 Å². The van der Waals surface area contributed by atoms with Gasteiger partial charge in [0.05, 0.1) is 5.69 Å². The minimum absolute atomic E-state index is 0.00398. The van der Waals surface area contributed by atoms with Crippen LogP contribution >= 0.6 is 0 Å². The molecule has 218 valence electrons. The molecule has 4 aromatic rings. The Hall–Kier alpha value is -4.57. The highest BCUT2D eigenvalue weighted by Gasteiger charge is 2.24. The third-order valence-corrected chi connectivity index (χ3v) is 7.67. The molecule has 0 spiro atoms. The lowest BCUT2D eigenvalue weighted by Gasteiger charge is -2.19. The average Bonchev–Trinajstić information content (AvgIpc) is 3.46. The van der Waals surface area contributed by atoms with Crippen LogP contribution in [0.1, 0.15) is 48.7 Å². The molecule has 1 saturated heterocycles. The van der Waals surface area contributed by atoms with Gasteiger partial charge in [0, 0.05) is 55.7 Å². The summed E-state index contributed by atoms with van der Waals surface area (Å²) in [5.74, 6) is 1.04. The number of aryl methyl sites for hydroxylation is 1. The summed E-state index contributed by atoms with van der Waals surface area (Å²) in [5.41, 5.74) is 4.59. The SMILES string of the molecule is Cc1c(NC(=O)c2ccc(C(C)(C)C)cc2)cccc1-c1cc(Nc2ccnc(N3CCC(CO)C3)n2)c(=O)n(C)n1. The lowest BCUT2D eigenvalue weighted by atomic mass is 9.86. The Balaban J connectivity index is 1.39. The molecule has 42 heavy (non-hydrogen) atoms. The van der Waals surface area contributed by atoms with Crippen LogP contribution in [0.25, 0.3) is 11.3 Å². The molecule has 0 bridgehead atoms. The maximum absolute atomic E-state index is 13.1. The molecule has 3 N–H and O–H groups in total. The van der Waals surface area contributed by atoms with Crippen molar-refractivity contribution in [3.63, 3.8) is 0 Å². The van der Waals surface area contributed by atoms with E-state index in [0.29, 0.717) is 40.9 Å². The number of aliphatic hydroxyl groups excluding tert-OH is 1. The predicted molar refractivity (Wildman–Crippen MR) is 165 cm³/mol. The second kappa shape index (κ2) is 11.7. The van der Waals surface area contributed by atoms with E-state index in [9.17, 15) is 14.7 Å². The average molecular weight is 568 g/mol. The summed E-state index contributed by atoms with van der Waals surface area (Å²) in [5, 5.41) is 20.2. The first-order chi connectivity index (χ1) is 20.0. The van der Waals surface area contributed by atoms with Crippen LogP contribution in [0, 0.1) is 12.8 Å². The van der Waals surface area contributed by atoms with E-state index in [4.69, 9.17) is 0 Å². The normalized spacial score (nSPS) is 15.1. The molecule has 1 aliphatic heterocycles. The number of carbonyl (C=O) groups excluding carboxylic acids is 1. The highest BCUT2D eigenvalue weighted by molar-refractivity contribution is 6.05. The van der Waals surface area contributed by atoms with Crippen molar-refractivity contribution < 1.29 is 9.90 Å². The summed E-state index contributed by atoms with van der Waals surface area (Å²) in [6.45, 7) is 9.92. The van der Waals surface area contributed by atoms with Crippen molar-refractivity contribution in [1.82, 2.24) is 19.7 Å². The number of amides is 1. The van der Waals surface area contributed by atoms with Crippen LogP contribution in [0.4, 0.5) is 23.1 Å². The van der Waals surface area contributed by atoms with Crippen molar-refractivity contribution in [3.8, 4) is 11.3 Å². The summed E-state index contributed by atoms with van der Waals surface area (Å²) in [6.07, 6.45) is 2.53. The van der Waals surface area contributed by atoms with Crippen molar-refractivity contribution in [2.24, 2.45) is 13.0 Å². The molecule has 2 aromatic heterocycles. The van der Waals surface area contributed by atoms with E-state index in [1.165, 1.54) is 4.68 Å². The van der Waals surface area contributed by atoms with Gasteiger partial charge in [-0.05, 0) is 60.2 Å². The van der Waals surface area contributed by atoms with Gasteiger partial charge < -0.3 is 20.6 Å². The fourth-order valence-corrected chi connectivity index (χ4v) is 5.07. The second-order valence-electron chi connectivity index (χ2n) is 11.8. The van der Waals surface area contributed by atoms with Crippen LogP contribution in [0.3, 0.4) is 0 Å². The molecule has 3 heterocycles. The van der Waals surface area contributed by atoms with Crippen LogP contribution in [-0.2, 0) is 12.5 Å². The minimum atomic E-state index is -0.304. The molecular formula is C32H37N7O3. The first-order valence-corrected chi connectivity index (χ1v) is 14.1. The first kappa shape index (κ1) is 28.9. The molecule has 0 aliphatic carbocycles. The Labute approximate surface area is 245 Å². The highest BCUT2D eigenvalue weighted by atomic mass is 16.3. The number of aromatic nitrogens is 4. The van der Waals surface area contributed by atoms with E-state index in [2.05, 4.69) is 46.5 Å². The molecule has 2 aromatic carbocycles. The van der Waals surface area contributed by atoms with E-state index in [1.807, 2.05) is 54.3 Å². The molecule has 1 amide bonds. The lowest BCUT2D eigenvalue weighted by Crippen LogP contribution is -2.24. The number of nitrogens with zero attached hydrogens (tertiary/aromatic N) is 5. The Bertz CT molecular complexity index is 1660. The quantitative estimate of drug-likeness (QED) is 0.295. The predicted octanol–water partition coefficient (Wildman–Crippen LogP) is 4.66. The molecule has 10 heteroatoms. The largest absolute Gasteiger partial charge is 0.396 e. The summed E-state index contributed by atoms with van der Waals surface area (Å²) in [7, 11) is 1.60. The van der Waals surface area contributed by atoms with E-state index >= 15 is 0 Å². The van der Waals surface area contributed by atoms with E-state index in [0.717, 1.165) is 29.7 Å². The molecule has 1 aliphatic rings. The van der Waals surface area contributed by atoms with Gasteiger partial charge in [0.25, 0.3) is 11.5 Å². The van der Waals surface area contributed by atoms with Gasteiger partial charge in [-0.15, -0.1) is 0 Å². The molecule has 10 nitrogen and oxygen atoms in total. The number of aliphatic hydroxyl groups is 1. The van der Waals surface area contributed by atoms with E-state index < -0.39 is 0 Å². The molecule has 0 saturated carbocycles. The fraction of sp³-hybridized carbons (Fsp3) is 0.344. The van der Waals surface area contributed by atoms with Crippen LogP contribution in [0.2, 0.25) is 0 Å². The zero-order valence-corrected chi connectivity index (χ0v) is 24.7. The van der Waals surface area contributed by atoms with Crippen molar-refractivity contribution in [1.29, 1.82) is 0 Å². The zero-order chi connectivity index (χ0) is 30.0. The summed E-state index contributed by atoms with van der Waals surface area (Å²) in [6, 6.07) is 16.7. The molecule has 1 atom stereocenters. The van der Waals surface area contributed by atoms with Gasteiger partial charge in [-0.1, -0.05) is 45.0 Å². The number of nitrogens with one attached hydrogen (secondary N) is 2. The zero-order valence-electron chi connectivity index (χ0n) is 24.7. The van der Waals surface area contributed by atoms with Gasteiger partial charge in [-0.2, -0.15) is 10.1 Å². The van der Waals surface area contributed by atoms with Gasteiger partial charge in [-0.25, -0.2) is 9.67 Å². The monoisotopic (exact) mass is 567 g/mol. The summed E-state index contributed by atoms with van der Waals surface area (Å²) < 4.78 is 1.29. The van der Waals surface area contributed by atoms with Gasteiger partial charge in [0.2, 0.25) is 5.95 Å². The Morgan fingerprint density at radius 1 is 1.10 bits per heavy atom. The number of rotatable bonds is 7. The smallest absolute Gasteiger partial charge is 0.290 e.